The SMILES string of the molecule is Cc1nc2ccc(S(=O)(=O)c3cccc(-n4c(C(N)=O)cc5ccc(NS(C)(=O)=O)cc54)c3)cc2s1. The van der Waals surface area contributed by atoms with Crippen LogP contribution < -0.4 is 10.5 Å². The molecule has 0 spiro atoms. The minimum Gasteiger partial charge on any atom is -0.364 e. The molecule has 0 unspecified atom stereocenters. The summed E-state index contributed by atoms with van der Waals surface area (Å²) in [6, 6.07) is 17.3. The number of amides is 1. The fourth-order valence-corrected chi connectivity index (χ4v) is 6.87. The van der Waals surface area contributed by atoms with Crippen molar-refractivity contribution in [3.63, 3.8) is 0 Å². The van der Waals surface area contributed by atoms with Gasteiger partial charge in [-0.2, -0.15) is 0 Å². The zero-order valence-electron chi connectivity index (χ0n) is 19.1. The van der Waals surface area contributed by atoms with Crippen LogP contribution in [0.1, 0.15) is 15.5 Å². The number of aryl methyl sites for hydroxylation is 1. The van der Waals surface area contributed by atoms with Gasteiger partial charge in [0.05, 0.1) is 42.5 Å². The third-order valence-electron chi connectivity index (χ3n) is 5.52. The predicted molar refractivity (Wildman–Crippen MR) is 140 cm³/mol. The summed E-state index contributed by atoms with van der Waals surface area (Å²) in [6.45, 7) is 1.86. The summed E-state index contributed by atoms with van der Waals surface area (Å²) >= 11 is 1.41. The van der Waals surface area contributed by atoms with Gasteiger partial charge in [0, 0.05) is 11.1 Å². The van der Waals surface area contributed by atoms with Crippen LogP contribution >= 0.6 is 11.3 Å². The maximum Gasteiger partial charge on any atom is 0.265 e. The number of sulfonamides is 1. The molecule has 0 aliphatic rings. The molecule has 9 nitrogen and oxygen atoms in total. The number of nitrogens with two attached hydrogens (primary N) is 1. The molecule has 5 aromatic rings. The molecule has 0 aliphatic carbocycles. The molecule has 3 N–H and O–H groups in total. The third kappa shape index (κ3) is 4.34. The summed E-state index contributed by atoms with van der Waals surface area (Å²) in [7, 11) is -7.43. The van der Waals surface area contributed by atoms with Gasteiger partial charge >= 0.3 is 0 Å². The first-order valence-electron chi connectivity index (χ1n) is 10.6. The number of carbonyl (C=O) groups excluding carboxylic acids is 1. The second-order valence-electron chi connectivity index (χ2n) is 8.24. The average Bonchev–Trinajstić information content (AvgIpc) is 3.37. The van der Waals surface area contributed by atoms with Crippen LogP contribution in [0, 0.1) is 6.92 Å². The van der Waals surface area contributed by atoms with E-state index >= 15 is 0 Å². The maximum absolute atomic E-state index is 13.5. The average molecular weight is 541 g/mol. The van der Waals surface area contributed by atoms with Crippen molar-refractivity contribution in [2.75, 3.05) is 11.0 Å². The fraction of sp³-hybridized carbons (Fsp3) is 0.0833. The lowest BCUT2D eigenvalue weighted by atomic mass is 10.2. The van der Waals surface area contributed by atoms with Crippen molar-refractivity contribution >= 4 is 63.9 Å². The molecule has 2 heterocycles. The molecular weight excluding hydrogens is 520 g/mol. The smallest absolute Gasteiger partial charge is 0.265 e. The summed E-state index contributed by atoms with van der Waals surface area (Å²) in [6.07, 6.45) is 1.03. The van der Waals surface area contributed by atoms with Crippen molar-refractivity contribution in [1.29, 1.82) is 0 Å². The number of primary amides is 1. The van der Waals surface area contributed by atoms with Crippen molar-refractivity contribution < 1.29 is 21.6 Å². The Bertz CT molecular complexity index is 1900. The standard InChI is InChI=1S/C24H20N4O5S3/c1-14-26-20-9-8-19(13-23(20)34-14)36(32,33)18-5-3-4-17(12-18)28-21-11-16(27-35(2,30)31)7-6-15(21)10-22(28)24(25)29/h3-13,27H,1-2H3,(H2,25,29). The van der Waals surface area contributed by atoms with Crippen molar-refractivity contribution in [3.05, 3.63) is 77.4 Å². The molecule has 1 amide bonds. The Labute approximate surface area is 211 Å². The van der Waals surface area contributed by atoms with Gasteiger partial charge in [0.2, 0.25) is 19.9 Å². The van der Waals surface area contributed by atoms with Gasteiger partial charge in [-0.3, -0.25) is 9.52 Å². The third-order valence-corrected chi connectivity index (χ3v) is 8.81. The zero-order valence-corrected chi connectivity index (χ0v) is 21.5. The number of benzene rings is 3. The number of fused-ring (bicyclic) bond motifs is 2. The van der Waals surface area contributed by atoms with E-state index in [2.05, 4.69) is 9.71 Å². The number of anilines is 1. The number of carbonyl (C=O) groups is 1. The van der Waals surface area contributed by atoms with Gasteiger partial charge in [0.1, 0.15) is 5.69 Å². The highest BCUT2D eigenvalue weighted by atomic mass is 32.2. The van der Waals surface area contributed by atoms with E-state index in [0.29, 0.717) is 16.6 Å². The van der Waals surface area contributed by atoms with E-state index in [1.54, 1.807) is 48.5 Å². The molecule has 0 aliphatic heterocycles. The normalized spacial score (nSPS) is 12.3. The molecule has 3 aromatic carbocycles. The molecule has 12 heteroatoms. The molecule has 36 heavy (non-hydrogen) atoms. The summed E-state index contributed by atoms with van der Waals surface area (Å²) in [4.78, 5) is 16.8. The van der Waals surface area contributed by atoms with Crippen LogP contribution in [0.3, 0.4) is 0 Å². The number of rotatable bonds is 6. The number of hydrogen-bond donors (Lipinski definition) is 2. The van der Waals surface area contributed by atoms with E-state index in [4.69, 9.17) is 5.73 Å². The highest BCUT2D eigenvalue weighted by Crippen LogP contribution is 2.31. The van der Waals surface area contributed by atoms with Crippen LogP contribution in [0.4, 0.5) is 5.69 Å². The Balaban J connectivity index is 1.67. The van der Waals surface area contributed by atoms with E-state index in [1.807, 2.05) is 6.92 Å². The minimum absolute atomic E-state index is 0.0308. The molecule has 0 saturated carbocycles. The highest BCUT2D eigenvalue weighted by Gasteiger charge is 2.22. The Morgan fingerprint density at radius 2 is 1.72 bits per heavy atom. The van der Waals surface area contributed by atoms with Crippen molar-refractivity contribution in [3.8, 4) is 5.69 Å². The summed E-state index contributed by atoms with van der Waals surface area (Å²) < 4.78 is 55.1. The van der Waals surface area contributed by atoms with E-state index in [-0.39, 0.29) is 21.2 Å². The van der Waals surface area contributed by atoms with Crippen LogP contribution in [0.25, 0.3) is 26.8 Å². The second kappa shape index (κ2) is 8.43. The summed E-state index contributed by atoms with van der Waals surface area (Å²) in [5.74, 6) is -0.719. The molecule has 0 radical (unpaired) electrons. The zero-order chi connectivity index (χ0) is 25.8. The van der Waals surface area contributed by atoms with Crippen LogP contribution in [0.2, 0.25) is 0 Å². The number of thiazole rings is 1. The van der Waals surface area contributed by atoms with E-state index in [0.717, 1.165) is 21.5 Å². The Morgan fingerprint density at radius 1 is 0.972 bits per heavy atom. The topological polar surface area (TPSA) is 141 Å². The number of sulfone groups is 1. The molecule has 0 atom stereocenters. The summed E-state index contributed by atoms with van der Waals surface area (Å²) in [5.41, 5.74) is 7.63. The van der Waals surface area contributed by atoms with Crippen LogP contribution in [0.5, 0.6) is 0 Å². The molecule has 0 bridgehead atoms. The Hall–Kier alpha value is -3.74. The predicted octanol–water partition coefficient (Wildman–Crippen LogP) is 3.85. The van der Waals surface area contributed by atoms with Gasteiger partial charge in [0.15, 0.2) is 0 Å². The second-order valence-corrected chi connectivity index (χ2v) is 13.2. The summed E-state index contributed by atoms with van der Waals surface area (Å²) in [5, 5.41) is 1.46. The van der Waals surface area contributed by atoms with Crippen LogP contribution in [-0.4, -0.2) is 38.5 Å². The van der Waals surface area contributed by atoms with Gasteiger partial charge in [-0.15, -0.1) is 11.3 Å². The number of nitrogens with zero attached hydrogens (tertiary/aromatic N) is 2. The molecule has 0 saturated heterocycles. The van der Waals surface area contributed by atoms with Gasteiger partial charge in [0.25, 0.3) is 5.91 Å². The van der Waals surface area contributed by atoms with Gasteiger partial charge in [-0.05, 0) is 61.5 Å². The van der Waals surface area contributed by atoms with Crippen molar-refractivity contribution in [2.24, 2.45) is 5.73 Å². The van der Waals surface area contributed by atoms with E-state index in [1.165, 1.54) is 34.1 Å². The molecule has 0 fully saturated rings. The Kier molecular flexibility index (Phi) is 5.62. The highest BCUT2D eigenvalue weighted by molar-refractivity contribution is 7.92. The van der Waals surface area contributed by atoms with Gasteiger partial charge in [-0.1, -0.05) is 12.1 Å². The first-order valence-corrected chi connectivity index (χ1v) is 14.8. The fourth-order valence-electron chi connectivity index (χ4n) is 4.05. The van der Waals surface area contributed by atoms with Crippen molar-refractivity contribution in [2.45, 2.75) is 16.7 Å². The first-order chi connectivity index (χ1) is 16.9. The van der Waals surface area contributed by atoms with Crippen LogP contribution in [0.15, 0.2) is 76.5 Å². The Morgan fingerprint density at radius 3 is 2.44 bits per heavy atom. The first kappa shape index (κ1) is 24.0. The number of aromatic nitrogens is 2. The lowest BCUT2D eigenvalue weighted by Gasteiger charge is -2.12. The number of nitrogens with one attached hydrogen (secondary N) is 1. The molecule has 2 aromatic heterocycles. The molecule has 184 valence electrons. The lowest BCUT2D eigenvalue weighted by molar-refractivity contribution is 0.0994. The monoisotopic (exact) mass is 540 g/mol. The molecular formula is C24H20N4O5S3. The van der Waals surface area contributed by atoms with Crippen molar-refractivity contribution in [1.82, 2.24) is 9.55 Å². The maximum atomic E-state index is 13.5. The number of hydrogen-bond acceptors (Lipinski definition) is 7. The minimum atomic E-state index is -3.90. The largest absolute Gasteiger partial charge is 0.364 e. The van der Waals surface area contributed by atoms with E-state index < -0.39 is 25.8 Å². The van der Waals surface area contributed by atoms with E-state index in [9.17, 15) is 21.6 Å². The quantitative estimate of drug-likeness (QED) is 0.335. The van der Waals surface area contributed by atoms with Gasteiger partial charge < -0.3 is 10.3 Å². The van der Waals surface area contributed by atoms with Gasteiger partial charge in [-0.25, -0.2) is 21.8 Å². The lowest BCUT2D eigenvalue weighted by Crippen LogP contribution is -2.16. The molecule has 5 rings (SSSR count). The van der Waals surface area contributed by atoms with Crippen LogP contribution in [-0.2, 0) is 19.9 Å².